The molecule has 2 amide bonds. The minimum Gasteiger partial charge on any atom is -0.376 e. The van der Waals surface area contributed by atoms with Crippen LogP contribution in [0.3, 0.4) is 0 Å². The van der Waals surface area contributed by atoms with Crippen LogP contribution in [-0.2, 0) is 14.3 Å². The van der Waals surface area contributed by atoms with E-state index in [4.69, 9.17) is 4.74 Å². The van der Waals surface area contributed by atoms with Crippen LogP contribution in [0.4, 0.5) is 0 Å². The molecule has 1 N–H and O–H groups in total. The molecule has 2 heterocycles. The summed E-state index contributed by atoms with van der Waals surface area (Å²) in [6, 6.07) is -0.371. The summed E-state index contributed by atoms with van der Waals surface area (Å²) in [6.07, 6.45) is 2.83. The molecular formula is C14H24N2O3. The zero-order valence-electron chi connectivity index (χ0n) is 12.1. The maximum absolute atomic E-state index is 12.7. The van der Waals surface area contributed by atoms with E-state index in [9.17, 15) is 9.59 Å². The quantitative estimate of drug-likeness (QED) is 0.833. The van der Waals surface area contributed by atoms with Crippen molar-refractivity contribution in [2.75, 3.05) is 13.2 Å². The minimum absolute atomic E-state index is 0.0203. The van der Waals surface area contributed by atoms with Crippen LogP contribution in [0.15, 0.2) is 0 Å². The first kappa shape index (κ1) is 14.3. The Hall–Kier alpha value is -1.10. The van der Waals surface area contributed by atoms with E-state index < -0.39 is 0 Å². The topological polar surface area (TPSA) is 58.6 Å². The number of nitrogens with zero attached hydrogens (tertiary/aromatic N) is 1. The Balaban J connectivity index is 2.23. The third-order valence-corrected chi connectivity index (χ3v) is 4.51. The molecule has 0 spiro atoms. The first-order chi connectivity index (χ1) is 8.99. The van der Waals surface area contributed by atoms with E-state index in [1.807, 2.05) is 18.7 Å². The van der Waals surface area contributed by atoms with Crippen molar-refractivity contribution in [2.45, 2.75) is 64.1 Å². The fraction of sp³-hybridized carbons (Fsp3) is 0.857. The third kappa shape index (κ3) is 2.61. The normalized spacial score (nSPS) is 36.3. The largest absolute Gasteiger partial charge is 0.376 e. The first-order valence-electron chi connectivity index (χ1n) is 7.21. The van der Waals surface area contributed by atoms with Crippen LogP contribution in [0.25, 0.3) is 0 Å². The lowest BCUT2D eigenvalue weighted by Gasteiger charge is -2.41. The monoisotopic (exact) mass is 268 g/mol. The predicted octanol–water partition coefficient (Wildman–Crippen LogP) is 1.07. The summed E-state index contributed by atoms with van der Waals surface area (Å²) < 4.78 is 5.63. The van der Waals surface area contributed by atoms with E-state index in [1.54, 1.807) is 0 Å². The predicted molar refractivity (Wildman–Crippen MR) is 71.6 cm³/mol. The van der Waals surface area contributed by atoms with E-state index in [1.165, 1.54) is 0 Å². The van der Waals surface area contributed by atoms with Crippen molar-refractivity contribution in [1.29, 1.82) is 0 Å². The highest BCUT2D eigenvalue weighted by Gasteiger charge is 2.46. The third-order valence-electron chi connectivity index (χ3n) is 4.51. The average Bonchev–Trinajstić information content (AvgIpc) is 2.62. The minimum atomic E-state index is -0.371. The molecule has 0 aromatic rings. The lowest BCUT2D eigenvalue weighted by Crippen LogP contribution is -2.57. The van der Waals surface area contributed by atoms with Gasteiger partial charge in [0.05, 0.1) is 11.6 Å². The Kier molecular flexibility index (Phi) is 4.13. The molecule has 5 heteroatoms. The maximum atomic E-state index is 12.7. The van der Waals surface area contributed by atoms with Crippen LogP contribution in [0.2, 0.25) is 0 Å². The van der Waals surface area contributed by atoms with Gasteiger partial charge in [0.15, 0.2) is 0 Å². The molecule has 0 radical (unpaired) electrons. The number of hydrogen-bond donors (Lipinski definition) is 1. The molecule has 0 saturated carbocycles. The van der Waals surface area contributed by atoms with Gasteiger partial charge in [0, 0.05) is 19.6 Å². The van der Waals surface area contributed by atoms with E-state index in [2.05, 4.69) is 12.2 Å². The van der Waals surface area contributed by atoms with Crippen LogP contribution >= 0.6 is 0 Å². The highest BCUT2D eigenvalue weighted by atomic mass is 16.5. The molecule has 2 aliphatic heterocycles. The van der Waals surface area contributed by atoms with Gasteiger partial charge in [-0.15, -0.1) is 0 Å². The number of carbonyl (C=O) groups excluding carboxylic acids is 2. The molecule has 0 aromatic heterocycles. The van der Waals surface area contributed by atoms with Gasteiger partial charge < -0.3 is 15.0 Å². The Morgan fingerprint density at radius 1 is 1.47 bits per heavy atom. The smallest absolute Gasteiger partial charge is 0.245 e. The summed E-state index contributed by atoms with van der Waals surface area (Å²) in [5.74, 6) is 0.0250. The van der Waals surface area contributed by atoms with Gasteiger partial charge >= 0.3 is 0 Å². The zero-order valence-corrected chi connectivity index (χ0v) is 12.1. The number of carbonyl (C=O) groups is 2. The standard InChI is InChI=1S/C14H24N2O3/c1-4-5-11-13(18)16(8-6-12(17)15-11)14(3)7-9-19-10(14)2/h10-11H,4-9H2,1-3H3,(H,15,17). The summed E-state index contributed by atoms with van der Waals surface area (Å²) in [7, 11) is 0. The van der Waals surface area contributed by atoms with Crippen LogP contribution in [0.1, 0.15) is 46.5 Å². The lowest BCUT2D eigenvalue weighted by molar-refractivity contribution is -0.141. The zero-order chi connectivity index (χ0) is 14.0. The van der Waals surface area contributed by atoms with Gasteiger partial charge in [-0.2, -0.15) is 0 Å². The Labute approximate surface area is 114 Å². The summed E-state index contributed by atoms with van der Waals surface area (Å²) >= 11 is 0. The van der Waals surface area contributed by atoms with Gasteiger partial charge in [0.2, 0.25) is 11.8 Å². The van der Waals surface area contributed by atoms with E-state index in [-0.39, 0.29) is 29.5 Å². The Bertz CT molecular complexity index is 372. The molecule has 2 rings (SSSR count). The highest BCUT2D eigenvalue weighted by Crippen LogP contribution is 2.33. The van der Waals surface area contributed by atoms with Crippen molar-refractivity contribution in [3.63, 3.8) is 0 Å². The van der Waals surface area contributed by atoms with Crippen molar-refractivity contribution in [2.24, 2.45) is 0 Å². The van der Waals surface area contributed by atoms with Crippen LogP contribution in [0.5, 0.6) is 0 Å². The number of nitrogens with one attached hydrogen (secondary N) is 1. The summed E-state index contributed by atoms with van der Waals surface area (Å²) in [5, 5.41) is 2.84. The van der Waals surface area contributed by atoms with Crippen molar-refractivity contribution in [3.05, 3.63) is 0 Å². The maximum Gasteiger partial charge on any atom is 0.245 e. The molecule has 108 valence electrons. The second-order valence-electron chi connectivity index (χ2n) is 5.77. The van der Waals surface area contributed by atoms with Crippen molar-refractivity contribution in [3.8, 4) is 0 Å². The van der Waals surface area contributed by atoms with E-state index >= 15 is 0 Å². The molecule has 0 bridgehead atoms. The molecule has 3 unspecified atom stereocenters. The molecule has 3 atom stereocenters. The average molecular weight is 268 g/mol. The second kappa shape index (κ2) is 5.49. The van der Waals surface area contributed by atoms with Gasteiger partial charge in [0.25, 0.3) is 0 Å². The molecular weight excluding hydrogens is 244 g/mol. The SMILES string of the molecule is CCCC1NC(=O)CCN(C2(C)CCOC2C)C1=O. The van der Waals surface area contributed by atoms with Gasteiger partial charge in [-0.1, -0.05) is 13.3 Å². The van der Waals surface area contributed by atoms with Crippen molar-refractivity contribution >= 4 is 11.8 Å². The number of ether oxygens (including phenoxy) is 1. The summed E-state index contributed by atoms with van der Waals surface area (Å²) in [6.45, 7) is 7.28. The van der Waals surface area contributed by atoms with Crippen molar-refractivity contribution in [1.82, 2.24) is 10.2 Å². The fourth-order valence-electron chi connectivity index (χ4n) is 3.01. The number of hydrogen-bond acceptors (Lipinski definition) is 3. The molecule has 5 nitrogen and oxygen atoms in total. The molecule has 2 saturated heterocycles. The lowest BCUT2D eigenvalue weighted by atomic mass is 9.91. The Morgan fingerprint density at radius 2 is 2.21 bits per heavy atom. The van der Waals surface area contributed by atoms with Gasteiger partial charge in [-0.25, -0.2) is 0 Å². The molecule has 0 aromatic carbocycles. The second-order valence-corrected chi connectivity index (χ2v) is 5.77. The summed E-state index contributed by atoms with van der Waals surface area (Å²) in [4.78, 5) is 26.3. The van der Waals surface area contributed by atoms with Crippen molar-refractivity contribution < 1.29 is 14.3 Å². The fourth-order valence-corrected chi connectivity index (χ4v) is 3.01. The van der Waals surface area contributed by atoms with Crippen LogP contribution in [-0.4, -0.2) is 47.6 Å². The molecule has 2 aliphatic rings. The van der Waals surface area contributed by atoms with Gasteiger partial charge in [0.1, 0.15) is 6.04 Å². The Morgan fingerprint density at radius 3 is 2.79 bits per heavy atom. The molecule has 19 heavy (non-hydrogen) atoms. The number of amides is 2. The van der Waals surface area contributed by atoms with Crippen LogP contribution < -0.4 is 5.32 Å². The molecule has 2 fully saturated rings. The summed E-state index contributed by atoms with van der Waals surface area (Å²) in [5.41, 5.74) is -0.282. The van der Waals surface area contributed by atoms with Gasteiger partial charge in [-0.05, 0) is 26.7 Å². The van der Waals surface area contributed by atoms with Gasteiger partial charge in [-0.3, -0.25) is 9.59 Å². The highest BCUT2D eigenvalue weighted by molar-refractivity contribution is 5.90. The van der Waals surface area contributed by atoms with Crippen LogP contribution in [0, 0.1) is 0 Å². The van der Waals surface area contributed by atoms with E-state index in [0.717, 1.165) is 12.8 Å². The number of rotatable bonds is 3. The van der Waals surface area contributed by atoms with E-state index in [0.29, 0.717) is 26.0 Å². The molecule has 0 aliphatic carbocycles. The first-order valence-corrected chi connectivity index (χ1v) is 7.21.